The molecule has 1 aromatic rings. The van der Waals surface area contributed by atoms with Crippen molar-refractivity contribution in [1.29, 1.82) is 0 Å². The van der Waals surface area contributed by atoms with Gasteiger partial charge in [0.25, 0.3) is 0 Å². The normalized spacial score (nSPS) is 12.2. The molecule has 1 N–H and O–H groups in total. The number of aldehydes is 1. The molecule has 82 valence electrons. The molecule has 15 heavy (non-hydrogen) atoms. The first-order chi connectivity index (χ1) is 7.19. The Morgan fingerprint density at radius 2 is 2.33 bits per heavy atom. The molecule has 0 amide bonds. The van der Waals surface area contributed by atoms with Crippen LogP contribution in [0.2, 0.25) is 0 Å². The summed E-state index contributed by atoms with van der Waals surface area (Å²) in [5.41, 5.74) is 0.509. The van der Waals surface area contributed by atoms with Crippen molar-refractivity contribution in [3.8, 4) is 5.75 Å². The molecule has 1 atom stereocenters. The Labute approximate surface area is 97.2 Å². The summed E-state index contributed by atoms with van der Waals surface area (Å²) in [7, 11) is 0. The maximum absolute atomic E-state index is 10.7. The second kappa shape index (κ2) is 5.88. The Kier molecular flexibility index (Phi) is 4.78. The smallest absolute Gasteiger partial charge is 0.153 e. The van der Waals surface area contributed by atoms with E-state index in [1.54, 1.807) is 12.1 Å². The molecule has 0 aliphatic carbocycles. The summed E-state index contributed by atoms with van der Waals surface area (Å²) < 4.78 is 6.22. The van der Waals surface area contributed by atoms with Gasteiger partial charge in [-0.05, 0) is 28.1 Å². The van der Waals surface area contributed by atoms with E-state index in [-0.39, 0.29) is 12.5 Å². The van der Waals surface area contributed by atoms with Gasteiger partial charge in [-0.25, -0.2) is 0 Å². The van der Waals surface area contributed by atoms with Crippen molar-refractivity contribution < 1.29 is 14.6 Å². The number of halogens is 1. The summed E-state index contributed by atoms with van der Waals surface area (Å²) in [4.78, 5) is 10.7. The molecule has 3 nitrogen and oxygen atoms in total. The zero-order valence-electron chi connectivity index (χ0n) is 8.44. The van der Waals surface area contributed by atoms with Crippen molar-refractivity contribution in [2.45, 2.75) is 6.92 Å². The van der Waals surface area contributed by atoms with Crippen LogP contribution in [0.4, 0.5) is 0 Å². The van der Waals surface area contributed by atoms with Crippen LogP contribution in [0, 0.1) is 5.92 Å². The summed E-state index contributed by atoms with van der Waals surface area (Å²) in [6.45, 7) is 2.33. The largest absolute Gasteiger partial charge is 0.491 e. The maximum atomic E-state index is 10.7. The second-order valence-electron chi connectivity index (χ2n) is 3.37. The molecule has 0 saturated carbocycles. The highest BCUT2D eigenvalue weighted by molar-refractivity contribution is 9.10. The zero-order valence-corrected chi connectivity index (χ0v) is 10.0. The summed E-state index contributed by atoms with van der Waals surface area (Å²) in [6.07, 6.45) is 0.754. The first-order valence-electron chi connectivity index (χ1n) is 4.66. The minimum absolute atomic E-state index is 0.0524. The average Bonchev–Trinajstić information content (AvgIpc) is 2.26. The fraction of sp³-hybridized carbons (Fsp3) is 0.364. The van der Waals surface area contributed by atoms with Gasteiger partial charge in [0.1, 0.15) is 5.75 Å². The lowest BCUT2D eigenvalue weighted by molar-refractivity contribution is 0.111. The van der Waals surface area contributed by atoms with Gasteiger partial charge in [-0.1, -0.05) is 13.0 Å². The van der Waals surface area contributed by atoms with Crippen molar-refractivity contribution in [2.75, 3.05) is 13.2 Å². The Morgan fingerprint density at radius 1 is 1.60 bits per heavy atom. The highest BCUT2D eigenvalue weighted by atomic mass is 79.9. The van der Waals surface area contributed by atoms with Gasteiger partial charge in [-0.2, -0.15) is 0 Å². The first-order valence-corrected chi connectivity index (χ1v) is 5.45. The number of aliphatic hydroxyl groups excluding tert-OH is 1. The lowest BCUT2D eigenvalue weighted by Crippen LogP contribution is -2.13. The maximum Gasteiger partial charge on any atom is 0.153 e. The molecular formula is C11H13BrO3. The molecule has 0 spiro atoms. The van der Waals surface area contributed by atoms with E-state index in [0.717, 1.165) is 10.8 Å². The van der Waals surface area contributed by atoms with Crippen molar-refractivity contribution in [2.24, 2.45) is 5.92 Å². The van der Waals surface area contributed by atoms with Crippen LogP contribution in [0.3, 0.4) is 0 Å². The van der Waals surface area contributed by atoms with Gasteiger partial charge in [0, 0.05) is 12.5 Å². The van der Waals surface area contributed by atoms with Crippen molar-refractivity contribution in [3.63, 3.8) is 0 Å². The number of para-hydroxylation sites is 1. The van der Waals surface area contributed by atoms with E-state index in [9.17, 15) is 4.79 Å². The molecule has 4 heteroatoms. The number of rotatable bonds is 5. The SMILES string of the molecule is CC(CO)COc1c(Br)cccc1C=O. The monoisotopic (exact) mass is 272 g/mol. The van der Waals surface area contributed by atoms with Crippen molar-refractivity contribution >= 4 is 22.2 Å². The molecule has 0 radical (unpaired) electrons. The van der Waals surface area contributed by atoms with Crippen LogP contribution in [-0.4, -0.2) is 24.6 Å². The topological polar surface area (TPSA) is 46.5 Å². The minimum atomic E-state index is 0.0524. The molecule has 1 aromatic carbocycles. The van der Waals surface area contributed by atoms with Gasteiger partial charge in [-0.15, -0.1) is 0 Å². The Morgan fingerprint density at radius 3 is 2.93 bits per heavy atom. The van der Waals surface area contributed by atoms with Gasteiger partial charge in [0.15, 0.2) is 6.29 Å². The quantitative estimate of drug-likeness (QED) is 0.837. The van der Waals surface area contributed by atoms with E-state index in [2.05, 4.69) is 15.9 Å². The summed E-state index contributed by atoms with van der Waals surface area (Å²) in [6, 6.07) is 5.28. The molecule has 0 aliphatic rings. The van der Waals surface area contributed by atoms with Crippen LogP contribution < -0.4 is 4.74 Å². The third-order valence-electron chi connectivity index (χ3n) is 1.95. The molecule has 0 heterocycles. The minimum Gasteiger partial charge on any atom is -0.491 e. The predicted molar refractivity (Wildman–Crippen MR) is 61.3 cm³/mol. The van der Waals surface area contributed by atoms with Crippen LogP contribution in [0.5, 0.6) is 5.75 Å². The molecule has 0 aromatic heterocycles. The summed E-state index contributed by atoms with van der Waals surface area (Å²) in [5.74, 6) is 0.587. The van der Waals surface area contributed by atoms with E-state index in [1.165, 1.54) is 0 Å². The number of aliphatic hydroxyl groups is 1. The molecule has 1 unspecified atom stereocenters. The van der Waals surface area contributed by atoms with Gasteiger partial charge in [-0.3, -0.25) is 4.79 Å². The van der Waals surface area contributed by atoms with E-state index >= 15 is 0 Å². The van der Waals surface area contributed by atoms with Crippen LogP contribution in [0.15, 0.2) is 22.7 Å². The predicted octanol–water partition coefficient (Wildman–Crippen LogP) is 2.27. The fourth-order valence-electron chi connectivity index (χ4n) is 1.05. The third kappa shape index (κ3) is 3.32. The van der Waals surface area contributed by atoms with Crippen LogP contribution in [0.1, 0.15) is 17.3 Å². The summed E-state index contributed by atoms with van der Waals surface area (Å²) >= 11 is 3.31. The van der Waals surface area contributed by atoms with Gasteiger partial charge in [0.05, 0.1) is 16.6 Å². The Bertz CT molecular complexity index is 339. The Hall–Kier alpha value is -0.870. The van der Waals surface area contributed by atoms with Gasteiger partial charge < -0.3 is 9.84 Å². The molecule has 0 saturated heterocycles. The third-order valence-corrected chi connectivity index (χ3v) is 2.57. The molecular weight excluding hydrogens is 260 g/mol. The number of ether oxygens (including phenoxy) is 1. The van der Waals surface area contributed by atoms with Gasteiger partial charge in [0.2, 0.25) is 0 Å². The number of benzene rings is 1. The summed E-state index contributed by atoms with van der Waals surface area (Å²) in [5, 5.41) is 8.85. The van der Waals surface area contributed by atoms with E-state index in [1.807, 2.05) is 13.0 Å². The van der Waals surface area contributed by atoms with E-state index in [0.29, 0.717) is 17.9 Å². The Balaban J connectivity index is 2.78. The van der Waals surface area contributed by atoms with Crippen LogP contribution in [0.25, 0.3) is 0 Å². The van der Waals surface area contributed by atoms with Crippen LogP contribution >= 0.6 is 15.9 Å². The number of hydrogen-bond donors (Lipinski definition) is 1. The lowest BCUT2D eigenvalue weighted by atomic mass is 10.2. The highest BCUT2D eigenvalue weighted by Gasteiger charge is 2.09. The van der Waals surface area contributed by atoms with Gasteiger partial charge >= 0.3 is 0 Å². The standard InChI is InChI=1S/C11H13BrO3/c1-8(5-13)7-15-11-9(6-14)3-2-4-10(11)12/h2-4,6,8,13H,5,7H2,1H3. The average molecular weight is 273 g/mol. The van der Waals surface area contributed by atoms with E-state index < -0.39 is 0 Å². The second-order valence-corrected chi connectivity index (χ2v) is 4.23. The number of hydrogen-bond acceptors (Lipinski definition) is 3. The zero-order chi connectivity index (χ0) is 11.3. The molecule has 0 aliphatic heterocycles. The molecule has 0 bridgehead atoms. The highest BCUT2D eigenvalue weighted by Crippen LogP contribution is 2.28. The van der Waals surface area contributed by atoms with Crippen molar-refractivity contribution in [1.82, 2.24) is 0 Å². The number of carbonyl (C=O) groups excluding carboxylic acids is 1. The lowest BCUT2D eigenvalue weighted by Gasteiger charge is -2.13. The molecule has 0 fully saturated rings. The van der Waals surface area contributed by atoms with Crippen molar-refractivity contribution in [3.05, 3.63) is 28.2 Å². The van der Waals surface area contributed by atoms with Crippen LogP contribution in [-0.2, 0) is 0 Å². The van der Waals surface area contributed by atoms with E-state index in [4.69, 9.17) is 9.84 Å². The number of carbonyl (C=O) groups is 1. The fourth-order valence-corrected chi connectivity index (χ4v) is 1.54. The first kappa shape index (κ1) is 12.2. The molecule has 1 rings (SSSR count).